The summed E-state index contributed by atoms with van der Waals surface area (Å²) in [7, 11) is 0. The zero-order valence-corrected chi connectivity index (χ0v) is 12.0. The summed E-state index contributed by atoms with van der Waals surface area (Å²) < 4.78 is 0. The summed E-state index contributed by atoms with van der Waals surface area (Å²) in [5, 5.41) is 16.0. The Kier molecular flexibility index (Phi) is 3.53. The van der Waals surface area contributed by atoms with E-state index in [0.717, 1.165) is 16.8 Å². The molecule has 0 saturated heterocycles. The quantitative estimate of drug-likeness (QED) is 0.807. The molecule has 0 fully saturated rings. The molecule has 3 amide bonds. The van der Waals surface area contributed by atoms with E-state index >= 15 is 0 Å². The highest BCUT2D eigenvalue weighted by Crippen LogP contribution is 2.26. The topological polar surface area (TPSA) is 96.0 Å². The molecule has 0 radical (unpaired) electrons. The monoisotopic (exact) mass is 303 g/mol. The Morgan fingerprint density at radius 1 is 1.48 bits per heavy atom. The second kappa shape index (κ2) is 5.49. The number of nitrogens with one attached hydrogen (secondary N) is 3. The third-order valence-corrected chi connectivity index (χ3v) is 3.79. The molecule has 1 aromatic carbocycles. The number of fused-ring (bicyclic) bond motifs is 1. The molecule has 0 bridgehead atoms. The van der Waals surface area contributed by atoms with Crippen LogP contribution in [0.25, 0.3) is 0 Å². The van der Waals surface area contributed by atoms with E-state index in [2.05, 4.69) is 26.1 Å². The minimum atomic E-state index is -0.339. The van der Waals surface area contributed by atoms with E-state index in [1.165, 1.54) is 11.3 Å². The molecule has 0 spiro atoms. The van der Waals surface area contributed by atoms with Crippen LogP contribution in [-0.4, -0.2) is 22.1 Å². The van der Waals surface area contributed by atoms with E-state index in [0.29, 0.717) is 11.6 Å². The van der Waals surface area contributed by atoms with Crippen molar-refractivity contribution in [3.8, 4) is 0 Å². The van der Waals surface area contributed by atoms with Crippen molar-refractivity contribution in [2.75, 3.05) is 10.6 Å². The minimum Gasteiger partial charge on any atom is -0.331 e. The lowest BCUT2D eigenvalue weighted by Crippen LogP contribution is -2.31. The van der Waals surface area contributed by atoms with Gasteiger partial charge in [-0.3, -0.25) is 10.1 Å². The number of carbonyl (C=O) groups excluding carboxylic acids is 2. The van der Waals surface area contributed by atoms with Crippen LogP contribution in [-0.2, 0) is 11.2 Å². The van der Waals surface area contributed by atoms with Crippen LogP contribution < -0.4 is 16.0 Å². The highest BCUT2D eigenvalue weighted by Gasteiger charge is 2.19. The van der Waals surface area contributed by atoms with Crippen molar-refractivity contribution in [1.82, 2.24) is 15.5 Å². The molecule has 0 aliphatic carbocycles. The molecule has 1 atom stereocenters. The fraction of sp³-hybridized carbons (Fsp3) is 0.231. The lowest BCUT2D eigenvalue weighted by atomic mass is 10.0. The fourth-order valence-corrected chi connectivity index (χ4v) is 2.60. The summed E-state index contributed by atoms with van der Waals surface area (Å²) in [5.41, 5.74) is 4.28. The Labute approximate surface area is 124 Å². The van der Waals surface area contributed by atoms with Gasteiger partial charge in [0.25, 0.3) is 0 Å². The number of aromatic nitrogens is 2. The third kappa shape index (κ3) is 3.00. The van der Waals surface area contributed by atoms with Crippen LogP contribution >= 0.6 is 11.3 Å². The van der Waals surface area contributed by atoms with Gasteiger partial charge in [-0.05, 0) is 24.1 Å². The molecule has 7 nitrogen and oxygen atoms in total. The van der Waals surface area contributed by atoms with Crippen LogP contribution in [0.5, 0.6) is 0 Å². The van der Waals surface area contributed by atoms with Crippen LogP contribution in [0, 0.1) is 0 Å². The van der Waals surface area contributed by atoms with Gasteiger partial charge in [-0.15, -0.1) is 10.2 Å². The molecule has 3 rings (SSSR count). The van der Waals surface area contributed by atoms with Crippen molar-refractivity contribution in [2.24, 2.45) is 0 Å². The predicted octanol–water partition coefficient (Wildman–Crippen LogP) is 1.92. The maximum absolute atomic E-state index is 11.8. The molecule has 8 heteroatoms. The first-order chi connectivity index (χ1) is 10.1. The first-order valence-corrected chi connectivity index (χ1v) is 7.26. The minimum absolute atomic E-state index is 0.00299. The van der Waals surface area contributed by atoms with Gasteiger partial charge in [-0.1, -0.05) is 23.5 Å². The summed E-state index contributed by atoms with van der Waals surface area (Å²) in [6.45, 7) is 1.88. The molecule has 1 aromatic heterocycles. The maximum atomic E-state index is 11.8. The molecule has 1 aliphatic rings. The van der Waals surface area contributed by atoms with Crippen molar-refractivity contribution in [2.45, 2.75) is 19.4 Å². The maximum Gasteiger partial charge on any atom is 0.321 e. The molecular weight excluding hydrogens is 290 g/mol. The van der Waals surface area contributed by atoms with Gasteiger partial charge in [0.05, 0.1) is 12.5 Å². The average Bonchev–Trinajstić information content (AvgIpc) is 3.05. The van der Waals surface area contributed by atoms with Crippen molar-refractivity contribution in [3.05, 3.63) is 34.8 Å². The van der Waals surface area contributed by atoms with Crippen LogP contribution in [0.15, 0.2) is 23.7 Å². The van der Waals surface area contributed by atoms with Gasteiger partial charge in [0.1, 0.15) is 5.51 Å². The molecular formula is C13H13N5O2S. The van der Waals surface area contributed by atoms with E-state index in [9.17, 15) is 9.59 Å². The zero-order chi connectivity index (χ0) is 14.8. The van der Waals surface area contributed by atoms with Crippen LogP contribution in [0.2, 0.25) is 0 Å². The zero-order valence-electron chi connectivity index (χ0n) is 11.2. The Hall–Kier alpha value is -2.48. The van der Waals surface area contributed by atoms with Gasteiger partial charge in [-0.25, -0.2) is 4.79 Å². The summed E-state index contributed by atoms with van der Waals surface area (Å²) in [4.78, 5) is 23.2. The second-order valence-electron chi connectivity index (χ2n) is 4.71. The Morgan fingerprint density at radius 3 is 3.10 bits per heavy atom. The Bertz CT molecular complexity index is 686. The lowest BCUT2D eigenvalue weighted by molar-refractivity contribution is -0.115. The smallest absolute Gasteiger partial charge is 0.321 e. The Morgan fingerprint density at radius 2 is 2.33 bits per heavy atom. The van der Waals surface area contributed by atoms with E-state index in [1.54, 1.807) is 5.51 Å². The standard InChI is InChI=1S/C13H13N5O2S/c1-7(15-12(20)17-13-18-14-6-21-13)8-2-3-10-9(4-8)5-11(19)16-10/h2-4,6-7H,5H2,1H3,(H,16,19)(H2,15,17,18,20). The Balaban J connectivity index is 1.65. The van der Waals surface area contributed by atoms with Crippen molar-refractivity contribution in [1.29, 1.82) is 0 Å². The number of amides is 3. The SMILES string of the molecule is CC(NC(=O)Nc1nncs1)c1ccc2c(c1)CC(=O)N2. The number of urea groups is 1. The van der Waals surface area contributed by atoms with E-state index < -0.39 is 0 Å². The van der Waals surface area contributed by atoms with Crippen LogP contribution in [0.3, 0.4) is 0 Å². The molecule has 0 saturated carbocycles. The number of carbonyl (C=O) groups is 2. The van der Waals surface area contributed by atoms with Gasteiger partial charge in [0, 0.05) is 5.69 Å². The highest BCUT2D eigenvalue weighted by molar-refractivity contribution is 7.13. The average molecular weight is 303 g/mol. The predicted molar refractivity (Wildman–Crippen MR) is 79.3 cm³/mol. The first kappa shape index (κ1) is 13.5. The molecule has 1 aliphatic heterocycles. The molecule has 108 valence electrons. The summed E-state index contributed by atoms with van der Waals surface area (Å²) >= 11 is 1.25. The summed E-state index contributed by atoms with van der Waals surface area (Å²) in [6, 6.07) is 5.16. The number of anilines is 2. The van der Waals surface area contributed by atoms with E-state index in [-0.39, 0.29) is 18.0 Å². The highest BCUT2D eigenvalue weighted by atomic mass is 32.1. The lowest BCUT2D eigenvalue weighted by Gasteiger charge is -2.15. The molecule has 2 heterocycles. The third-order valence-electron chi connectivity index (χ3n) is 3.18. The normalized spacial score (nSPS) is 14.2. The summed E-state index contributed by atoms with van der Waals surface area (Å²) in [6.07, 6.45) is 0.382. The number of rotatable bonds is 3. The number of benzene rings is 1. The molecule has 3 N–H and O–H groups in total. The fourth-order valence-electron chi connectivity index (χ4n) is 2.16. The first-order valence-electron chi connectivity index (χ1n) is 6.38. The van der Waals surface area contributed by atoms with Crippen LogP contribution in [0.4, 0.5) is 15.6 Å². The van der Waals surface area contributed by atoms with Crippen molar-refractivity contribution >= 4 is 34.1 Å². The van der Waals surface area contributed by atoms with Crippen molar-refractivity contribution in [3.63, 3.8) is 0 Å². The number of hydrogen-bond donors (Lipinski definition) is 3. The van der Waals surface area contributed by atoms with Crippen LogP contribution in [0.1, 0.15) is 24.1 Å². The number of hydrogen-bond acceptors (Lipinski definition) is 5. The van der Waals surface area contributed by atoms with Gasteiger partial charge >= 0.3 is 6.03 Å². The van der Waals surface area contributed by atoms with Gasteiger partial charge in [0.2, 0.25) is 11.0 Å². The van der Waals surface area contributed by atoms with Crippen molar-refractivity contribution < 1.29 is 9.59 Å². The van der Waals surface area contributed by atoms with Gasteiger partial charge in [-0.2, -0.15) is 0 Å². The van der Waals surface area contributed by atoms with Gasteiger partial charge in [0.15, 0.2) is 0 Å². The molecule has 2 aromatic rings. The molecule has 21 heavy (non-hydrogen) atoms. The molecule has 1 unspecified atom stereocenters. The van der Waals surface area contributed by atoms with Gasteiger partial charge < -0.3 is 10.6 Å². The van der Waals surface area contributed by atoms with E-state index in [4.69, 9.17) is 0 Å². The largest absolute Gasteiger partial charge is 0.331 e. The summed E-state index contributed by atoms with van der Waals surface area (Å²) in [5.74, 6) is -0.00299. The second-order valence-corrected chi connectivity index (χ2v) is 5.54. The van der Waals surface area contributed by atoms with E-state index in [1.807, 2.05) is 25.1 Å². The number of nitrogens with zero attached hydrogens (tertiary/aromatic N) is 2.